The number of carbonyl (C=O) groups excluding carboxylic acids is 1. The van der Waals surface area contributed by atoms with Crippen molar-refractivity contribution in [2.45, 2.75) is 6.92 Å². The molecule has 4 rings (SSSR count). The van der Waals surface area contributed by atoms with Crippen LogP contribution < -0.4 is 10.1 Å². The number of halogens is 2. The quantitative estimate of drug-likeness (QED) is 0.583. The van der Waals surface area contributed by atoms with Crippen LogP contribution in [-0.2, 0) is 0 Å². The van der Waals surface area contributed by atoms with Gasteiger partial charge >= 0.3 is 0 Å². The van der Waals surface area contributed by atoms with Crippen LogP contribution in [0.25, 0.3) is 5.65 Å². The second-order valence-corrected chi connectivity index (χ2v) is 5.77. The first kappa shape index (κ1) is 17.5. The van der Waals surface area contributed by atoms with Crippen molar-refractivity contribution >= 4 is 17.4 Å². The maximum Gasteiger partial charge on any atom is 0.260 e. The summed E-state index contributed by atoms with van der Waals surface area (Å²) in [7, 11) is 0. The lowest BCUT2D eigenvalue weighted by molar-refractivity contribution is 0.102. The third-order valence-electron chi connectivity index (χ3n) is 3.64. The summed E-state index contributed by atoms with van der Waals surface area (Å²) in [5, 5.41) is 6.75. The molecule has 1 amide bonds. The highest BCUT2D eigenvalue weighted by Crippen LogP contribution is 2.24. The molecule has 0 aliphatic heterocycles. The monoisotopic (exact) mass is 382 g/mol. The summed E-state index contributed by atoms with van der Waals surface area (Å²) in [6, 6.07) is 5.10. The minimum absolute atomic E-state index is 0.147. The molecule has 0 saturated carbocycles. The Morgan fingerprint density at radius 2 is 1.96 bits per heavy atom. The number of anilines is 1. The molecule has 140 valence electrons. The van der Waals surface area contributed by atoms with Crippen LogP contribution in [-0.4, -0.2) is 30.5 Å². The summed E-state index contributed by atoms with van der Waals surface area (Å²) in [5.41, 5.74) is 0.440. The molecular formula is C18H12F2N6O2. The second-order valence-electron chi connectivity index (χ2n) is 5.77. The fraction of sp³-hybridized carbons (Fsp3) is 0.0556. The Morgan fingerprint density at radius 3 is 2.71 bits per heavy atom. The van der Waals surface area contributed by atoms with Gasteiger partial charge in [-0.15, -0.1) is 0 Å². The minimum Gasteiger partial charge on any atom is -0.454 e. The molecule has 4 aromatic rings. The summed E-state index contributed by atoms with van der Waals surface area (Å²) in [5.74, 6) is -0.632. The number of fused-ring (bicyclic) bond motifs is 1. The molecule has 0 atom stereocenters. The third kappa shape index (κ3) is 3.61. The first-order valence-corrected chi connectivity index (χ1v) is 8.06. The minimum atomic E-state index is -0.560. The van der Waals surface area contributed by atoms with Crippen molar-refractivity contribution < 1.29 is 18.3 Å². The number of aryl methyl sites for hydroxylation is 1. The number of ether oxygens (including phenoxy) is 1. The van der Waals surface area contributed by atoms with Gasteiger partial charge in [-0.3, -0.25) is 9.78 Å². The first-order chi connectivity index (χ1) is 13.5. The highest BCUT2D eigenvalue weighted by Gasteiger charge is 2.17. The van der Waals surface area contributed by atoms with E-state index in [1.54, 1.807) is 6.92 Å². The van der Waals surface area contributed by atoms with E-state index in [0.29, 0.717) is 11.5 Å². The van der Waals surface area contributed by atoms with Crippen molar-refractivity contribution in [3.8, 4) is 11.5 Å². The molecule has 0 radical (unpaired) electrons. The zero-order valence-corrected chi connectivity index (χ0v) is 14.4. The van der Waals surface area contributed by atoms with Gasteiger partial charge in [-0.2, -0.15) is 5.10 Å². The van der Waals surface area contributed by atoms with Crippen molar-refractivity contribution in [3.05, 3.63) is 72.1 Å². The summed E-state index contributed by atoms with van der Waals surface area (Å²) >= 11 is 0. The van der Waals surface area contributed by atoms with E-state index < -0.39 is 17.5 Å². The van der Waals surface area contributed by atoms with Crippen LogP contribution in [0.1, 0.15) is 16.2 Å². The first-order valence-electron chi connectivity index (χ1n) is 8.06. The van der Waals surface area contributed by atoms with Crippen molar-refractivity contribution in [1.82, 2.24) is 24.6 Å². The zero-order chi connectivity index (χ0) is 19.7. The van der Waals surface area contributed by atoms with Gasteiger partial charge in [0.1, 0.15) is 34.8 Å². The normalized spacial score (nSPS) is 10.8. The topological polar surface area (TPSA) is 94.3 Å². The van der Waals surface area contributed by atoms with Crippen LogP contribution in [0.4, 0.5) is 14.6 Å². The van der Waals surface area contributed by atoms with Crippen LogP contribution in [0.2, 0.25) is 0 Å². The molecule has 4 heterocycles. The number of rotatable bonds is 4. The van der Waals surface area contributed by atoms with E-state index in [1.807, 2.05) is 0 Å². The van der Waals surface area contributed by atoms with Gasteiger partial charge < -0.3 is 10.1 Å². The molecule has 0 aliphatic carbocycles. The maximum absolute atomic E-state index is 13.3. The van der Waals surface area contributed by atoms with E-state index in [0.717, 1.165) is 18.5 Å². The molecule has 0 unspecified atom stereocenters. The highest BCUT2D eigenvalue weighted by atomic mass is 19.1. The van der Waals surface area contributed by atoms with E-state index in [1.165, 1.54) is 35.1 Å². The van der Waals surface area contributed by atoms with E-state index >= 15 is 0 Å². The van der Waals surface area contributed by atoms with Crippen LogP contribution >= 0.6 is 0 Å². The van der Waals surface area contributed by atoms with Crippen LogP contribution in [0.15, 0.2) is 49.1 Å². The van der Waals surface area contributed by atoms with Crippen LogP contribution in [0.5, 0.6) is 11.5 Å². The van der Waals surface area contributed by atoms with E-state index in [4.69, 9.17) is 4.74 Å². The van der Waals surface area contributed by atoms with Gasteiger partial charge in [0.05, 0.1) is 30.4 Å². The molecule has 0 aliphatic rings. The number of aromatic nitrogens is 5. The van der Waals surface area contributed by atoms with Gasteiger partial charge in [-0.05, 0) is 25.1 Å². The average Bonchev–Trinajstić information content (AvgIpc) is 3.03. The molecule has 0 aromatic carbocycles. The van der Waals surface area contributed by atoms with Crippen molar-refractivity contribution in [3.63, 3.8) is 0 Å². The molecule has 0 bridgehead atoms. The molecular weight excluding hydrogens is 370 g/mol. The molecule has 0 fully saturated rings. The number of amides is 1. The summed E-state index contributed by atoms with van der Waals surface area (Å²) in [6.07, 6.45) is 4.88. The largest absolute Gasteiger partial charge is 0.454 e. The van der Waals surface area contributed by atoms with Gasteiger partial charge in [-0.25, -0.2) is 23.3 Å². The third-order valence-corrected chi connectivity index (χ3v) is 3.64. The van der Waals surface area contributed by atoms with Crippen molar-refractivity contribution in [2.75, 3.05) is 5.32 Å². The highest BCUT2D eigenvalue weighted by molar-refractivity contribution is 6.08. The molecule has 0 spiro atoms. The van der Waals surface area contributed by atoms with Gasteiger partial charge in [0.25, 0.3) is 5.91 Å². The Bertz CT molecular complexity index is 1180. The summed E-state index contributed by atoms with van der Waals surface area (Å²) in [4.78, 5) is 24.5. The number of nitrogens with one attached hydrogen (secondary N) is 1. The fourth-order valence-electron chi connectivity index (χ4n) is 2.51. The van der Waals surface area contributed by atoms with Gasteiger partial charge in [-0.1, -0.05) is 0 Å². The Morgan fingerprint density at radius 1 is 1.11 bits per heavy atom. The molecule has 28 heavy (non-hydrogen) atoms. The van der Waals surface area contributed by atoms with E-state index in [9.17, 15) is 13.6 Å². The summed E-state index contributed by atoms with van der Waals surface area (Å²) in [6.45, 7) is 1.67. The Balaban J connectivity index is 1.71. The van der Waals surface area contributed by atoms with Gasteiger partial charge in [0.2, 0.25) is 0 Å². The number of pyridine rings is 3. The number of hydrogen-bond donors (Lipinski definition) is 1. The van der Waals surface area contributed by atoms with Crippen molar-refractivity contribution in [2.24, 2.45) is 0 Å². The van der Waals surface area contributed by atoms with E-state index in [2.05, 4.69) is 25.4 Å². The SMILES string of the molecule is Cc1nc2c(C(=O)Nc3ccc(F)cn3)cc(Oc3cncc(F)c3)cn2n1. The van der Waals surface area contributed by atoms with Crippen LogP contribution in [0.3, 0.4) is 0 Å². The number of nitrogens with zero attached hydrogens (tertiary/aromatic N) is 5. The molecule has 0 saturated heterocycles. The van der Waals surface area contributed by atoms with Gasteiger partial charge in [0, 0.05) is 6.07 Å². The lowest BCUT2D eigenvalue weighted by Gasteiger charge is -2.09. The molecule has 1 N–H and O–H groups in total. The Labute approximate surface area is 156 Å². The summed E-state index contributed by atoms with van der Waals surface area (Å²) < 4.78 is 33.3. The predicted octanol–water partition coefficient (Wildman–Crippen LogP) is 3.15. The zero-order valence-electron chi connectivity index (χ0n) is 14.4. The van der Waals surface area contributed by atoms with Gasteiger partial charge in [0.15, 0.2) is 5.65 Å². The fourth-order valence-corrected chi connectivity index (χ4v) is 2.51. The smallest absolute Gasteiger partial charge is 0.260 e. The van der Waals surface area contributed by atoms with Crippen LogP contribution in [0, 0.1) is 18.6 Å². The average molecular weight is 382 g/mol. The molecule has 4 aromatic heterocycles. The molecule has 8 nitrogen and oxygen atoms in total. The lowest BCUT2D eigenvalue weighted by Crippen LogP contribution is -2.15. The lowest BCUT2D eigenvalue weighted by atomic mass is 10.2. The Hall–Kier alpha value is -3.95. The second kappa shape index (κ2) is 6.99. The maximum atomic E-state index is 13.3. The number of carbonyl (C=O) groups is 1. The molecule has 10 heteroatoms. The predicted molar refractivity (Wildman–Crippen MR) is 94.1 cm³/mol. The van der Waals surface area contributed by atoms with Crippen molar-refractivity contribution in [1.29, 1.82) is 0 Å². The Kier molecular flexibility index (Phi) is 4.36. The number of hydrogen-bond acceptors (Lipinski definition) is 6. The standard InChI is InChI=1S/C18H12F2N6O2/c1-10-23-17-15(18(27)24-16-3-2-11(19)7-22-16)5-14(9-26(17)25-10)28-13-4-12(20)6-21-8-13/h2-9H,1H3,(H,22,24,27). The van der Waals surface area contributed by atoms with E-state index in [-0.39, 0.29) is 22.9 Å².